The molecule has 0 bridgehead atoms. The van der Waals surface area contributed by atoms with Crippen LogP contribution in [0.3, 0.4) is 0 Å². The van der Waals surface area contributed by atoms with E-state index in [1.54, 1.807) is 0 Å². The first-order chi connectivity index (χ1) is 9.79. The Balaban J connectivity index is 2.97. The van der Waals surface area contributed by atoms with Crippen molar-refractivity contribution in [1.82, 2.24) is 10.2 Å². The number of nitrogens with zero attached hydrogens (tertiary/aromatic N) is 1. The van der Waals surface area contributed by atoms with Crippen LogP contribution in [0.1, 0.15) is 67.2 Å². The van der Waals surface area contributed by atoms with Gasteiger partial charge >= 0.3 is 0 Å². The van der Waals surface area contributed by atoms with Crippen LogP contribution >= 0.6 is 0 Å². The molecule has 3 unspecified atom stereocenters. The van der Waals surface area contributed by atoms with Crippen molar-refractivity contribution in [3.8, 4) is 0 Å². The molecule has 0 aromatic rings. The molecule has 4 nitrogen and oxygen atoms in total. The molecule has 1 N–H and O–H groups in total. The average Bonchev–Trinajstić information content (AvgIpc) is 2.38. The molecule has 0 aromatic carbocycles. The molecule has 0 aromatic heterocycles. The normalized spacial score (nSPS) is 24.7. The Kier molecular flexibility index (Phi) is 6.69. The van der Waals surface area contributed by atoms with E-state index in [1.807, 2.05) is 18.7 Å². The largest absolute Gasteiger partial charge is 0.342 e. The minimum Gasteiger partial charge on any atom is -0.342 e. The van der Waals surface area contributed by atoms with Crippen LogP contribution in [0.25, 0.3) is 0 Å². The summed E-state index contributed by atoms with van der Waals surface area (Å²) in [6.45, 7) is 12.4. The highest BCUT2D eigenvalue weighted by molar-refractivity contribution is 5.97. The number of hydrogen-bond acceptors (Lipinski definition) is 2. The molecule has 1 saturated heterocycles. The summed E-state index contributed by atoms with van der Waals surface area (Å²) in [6.07, 6.45) is 3.88. The lowest BCUT2D eigenvalue weighted by Gasteiger charge is -2.44. The van der Waals surface area contributed by atoms with E-state index in [-0.39, 0.29) is 35.9 Å². The van der Waals surface area contributed by atoms with Gasteiger partial charge in [0, 0.05) is 6.04 Å². The molecule has 0 saturated carbocycles. The highest BCUT2D eigenvalue weighted by Gasteiger charge is 2.43. The first-order valence-electron chi connectivity index (χ1n) is 8.42. The maximum Gasteiger partial charge on any atom is 0.246 e. The summed E-state index contributed by atoms with van der Waals surface area (Å²) >= 11 is 0. The van der Waals surface area contributed by atoms with Gasteiger partial charge in [0.25, 0.3) is 0 Å². The Hall–Kier alpha value is -1.06. The van der Waals surface area contributed by atoms with Gasteiger partial charge in [0.1, 0.15) is 12.1 Å². The third-order valence-corrected chi connectivity index (χ3v) is 4.23. The summed E-state index contributed by atoms with van der Waals surface area (Å²) in [7, 11) is 0. The van der Waals surface area contributed by atoms with Crippen molar-refractivity contribution in [2.75, 3.05) is 0 Å². The van der Waals surface area contributed by atoms with E-state index in [4.69, 9.17) is 0 Å². The zero-order valence-electron chi connectivity index (χ0n) is 14.5. The van der Waals surface area contributed by atoms with Crippen LogP contribution in [-0.4, -0.2) is 34.8 Å². The predicted octanol–water partition coefficient (Wildman–Crippen LogP) is 2.96. The Labute approximate surface area is 129 Å². The lowest BCUT2D eigenvalue weighted by molar-refractivity contribution is -0.154. The molecule has 0 spiro atoms. The van der Waals surface area contributed by atoms with Crippen molar-refractivity contribution in [3.05, 3.63) is 0 Å². The smallest absolute Gasteiger partial charge is 0.246 e. The highest BCUT2D eigenvalue weighted by Crippen LogP contribution is 2.24. The van der Waals surface area contributed by atoms with Crippen molar-refractivity contribution in [3.63, 3.8) is 0 Å². The number of hydrogen-bond donors (Lipinski definition) is 1. The second kappa shape index (κ2) is 7.81. The van der Waals surface area contributed by atoms with E-state index in [2.05, 4.69) is 33.0 Å². The zero-order chi connectivity index (χ0) is 16.2. The van der Waals surface area contributed by atoms with Gasteiger partial charge in [0.05, 0.1) is 0 Å². The number of carbonyl (C=O) groups excluding carboxylic acids is 2. The molecule has 3 atom stereocenters. The first-order valence-corrected chi connectivity index (χ1v) is 8.42. The summed E-state index contributed by atoms with van der Waals surface area (Å²) in [4.78, 5) is 27.2. The van der Waals surface area contributed by atoms with E-state index < -0.39 is 0 Å². The van der Waals surface area contributed by atoms with Gasteiger partial charge in [-0.3, -0.25) is 9.59 Å². The van der Waals surface area contributed by atoms with Gasteiger partial charge in [0.15, 0.2) is 0 Å². The van der Waals surface area contributed by atoms with E-state index in [1.165, 1.54) is 0 Å². The summed E-state index contributed by atoms with van der Waals surface area (Å²) in [5, 5.41) is 2.94. The number of rotatable bonds is 7. The molecular weight excluding hydrogens is 264 g/mol. The summed E-state index contributed by atoms with van der Waals surface area (Å²) in [5.41, 5.74) is 0. The maximum atomic E-state index is 12.8. The lowest BCUT2D eigenvalue weighted by Crippen LogP contribution is -2.66. The Morgan fingerprint density at radius 1 is 1.14 bits per heavy atom. The maximum absolute atomic E-state index is 12.8. The number of unbranched alkanes of at least 4 members (excludes halogenated alkanes) is 1. The van der Waals surface area contributed by atoms with Crippen molar-refractivity contribution in [1.29, 1.82) is 0 Å². The monoisotopic (exact) mass is 296 g/mol. The first kappa shape index (κ1) is 18.0. The Morgan fingerprint density at radius 3 is 2.24 bits per heavy atom. The van der Waals surface area contributed by atoms with Gasteiger partial charge in [-0.2, -0.15) is 0 Å². The Morgan fingerprint density at radius 2 is 1.76 bits per heavy atom. The lowest BCUT2D eigenvalue weighted by atomic mass is 9.91. The Bertz CT molecular complexity index is 366. The van der Waals surface area contributed by atoms with Crippen LogP contribution in [0.4, 0.5) is 0 Å². The molecule has 1 rings (SSSR count). The number of piperazine rings is 1. The van der Waals surface area contributed by atoms with Crippen molar-refractivity contribution in [2.24, 2.45) is 11.8 Å². The number of carbonyl (C=O) groups is 2. The van der Waals surface area contributed by atoms with Crippen molar-refractivity contribution < 1.29 is 9.59 Å². The molecule has 1 fully saturated rings. The second-order valence-electron chi connectivity index (χ2n) is 7.12. The molecule has 4 heteroatoms. The van der Waals surface area contributed by atoms with Crippen LogP contribution < -0.4 is 5.32 Å². The molecule has 0 aliphatic carbocycles. The van der Waals surface area contributed by atoms with Crippen molar-refractivity contribution >= 4 is 11.8 Å². The van der Waals surface area contributed by atoms with Gasteiger partial charge in [-0.1, -0.05) is 47.5 Å². The van der Waals surface area contributed by atoms with Gasteiger partial charge in [-0.05, 0) is 31.6 Å². The minimum atomic E-state index is -0.350. The molecular formula is C17H32N2O2. The minimum absolute atomic E-state index is 0.0126. The molecule has 2 amide bonds. The quantitative estimate of drug-likeness (QED) is 0.785. The third-order valence-electron chi connectivity index (χ3n) is 4.23. The standard InChI is InChI=1S/C17H32N2O2/c1-7-8-9-13(6)19-15(12(4)5)16(20)18-14(17(19)21)10-11(2)3/h11-15H,7-10H2,1-6H3,(H,18,20). The highest BCUT2D eigenvalue weighted by atomic mass is 16.2. The van der Waals surface area contributed by atoms with E-state index in [0.717, 1.165) is 19.3 Å². The third kappa shape index (κ3) is 4.45. The molecule has 1 aliphatic rings. The van der Waals surface area contributed by atoms with Crippen LogP contribution in [0, 0.1) is 11.8 Å². The average molecular weight is 296 g/mol. The topological polar surface area (TPSA) is 49.4 Å². The molecule has 1 heterocycles. The molecule has 122 valence electrons. The van der Waals surface area contributed by atoms with Crippen LogP contribution in [0.5, 0.6) is 0 Å². The van der Waals surface area contributed by atoms with Crippen LogP contribution in [0.2, 0.25) is 0 Å². The molecule has 21 heavy (non-hydrogen) atoms. The fourth-order valence-corrected chi connectivity index (χ4v) is 3.15. The number of amides is 2. The van der Waals surface area contributed by atoms with Gasteiger partial charge in [-0.25, -0.2) is 0 Å². The SMILES string of the molecule is CCCCC(C)N1C(=O)C(CC(C)C)NC(=O)C1C(C)C. The van der Waals surface area contributed by atoms with Crippen LogP contribution in [0.15, 0.2) is 0 Å². The summed E-state index contributed by atoms with van der Waals surface area (Å²) in [5.74, 6) is 0.643. The predicted molar refractivity (Wildman–Crippen MR) is 85.8 cm³/mol. The van der Waals surface area contributed by atoms with E-state index in [9.17, 15) is 9.59 Å². The molecule has 0 radical (unpaired) electrons. The van der Waals surface area contributed by atoms with Crippen molar-refractivity contribution in [2.45, 2.75) is 85.4 Å². The van der Waals surface area contributed by atoms with Gasteiger partial charge in [-0.15, -0.1) is 0 Å². The van der Waals surface area contributed by atoms with E-state index >= 15 is 0 Å². The fourth-order valence-electron chi connectivity index (χ4n) is 3.15. The molecule has 1 aliphatic heterocycles. The van der Waals surface area contributed by atoms with Gasteiger partial charge < -0.3 is 10.2 Å². The van der Waals surface area contributed by atoms with Crippen LogP contribution in [-0.2, 0) is 9.59 Å². The van der Waals surface area contributed by atoms with Gasteiger partial charge in [0.2, 0.25) is 11.8 Å². The fraction of sp³-hybridized carbons (Fsp3) is 0.882. The summed E-state index contributed by atoms with van der Waals surface area (Å²) in [6, 6.07) is -0.546. The summed E-state index contributed by atoms with van der Waals surface area (Å²) < 4.78 is 0. The van der Waals surface area contributed by atoms with E-state index in [0.29, 0.717) is 12.3 Å². The number of nitrogens with one attached hydrogen (secondary N) is 1. The zero-order valence-corrected chi connectivity index (χ0v) is 14.5. The second-order valence-corrected chi connectivity index (χ2v) is 7.12.